The summed E-state index contributed by atoms with van der Waals surface area (Å²) in [7, 11) is 0. The lowest BCUT2D eigenvalue weighted by atomic mass is 9.98. The topological polar surface area (TPSA) is 12.0 Å². The van der Waals surface area contributed by atoms with Crippen molar-refractivity contribution in [2.45, 2.75) is 57.9 Å². The quantitative estimate of drug-likeness (QED) is 0.716. The summed E-state index contributed by atoms with van der Waals surface area (Å²) >= 11 is 6.09. The second kappa shape index (κ2) is 7.91. The van der Waals surface area contributed by atoms with Gasteiger partial charge >= 0.3 is 0 Å². The molecule has 2 heteroatoms. The standard InChI is InChI=1S/C17H26ClN/c1-2-17(15-10-7-11-16(18)12-15)19-13-14-8-5-3-4-6-9-14/h7,10-12,14,17,19H,2-6,8-9,13H2,1H3. The number of benzene rings is 1. The molecule has 0 aromatic heterocycles. The van der Waals surface area contributed by atoms with E-state index in [2.05, 4.69) is 24.4 Å². The maximum atomic E-state index is 6.09. The van der Waals surface area contributed by atoms with Crippen molar-refractivity contribution in [3.63, 3.8) is 0 Å². The van der Waals surface area contributed by atoms with Gasteiger partial charge in [-0.05, 0) is 49.4 Å². The van der Waals surface area contributed by atoms with Crippen LogP contribution in [0.3, 0.4) is 0 Å². The van der Waals surface area contributed by atoms with Crippen molar-refractivity contribution in [3.05, 3.63) is 34.9 Å². The Balaban J connectivity index is 1.88. The van der Waals surface area contributed by atoms with E-state index in [1.807, 2.05) is 12.1 Å². The summed E-state index contributed by atoms with van der Waals surface area (Å²) in [6.07, 6.45) is 9.62. The predicted octanol–water partition coefficient (Wildman–Crippen LogP) is 5.35. The van der Waals surface area contributed by atoms with E-state index in [9.17, 15) is 0 Å². The molecule has 1 aromatic carbocycles. The first-order valence-corrected chi connectivity index (χ1v) is 8.16. The molecule has 0 spiro atoms. The molecule has 0 bridgehead atoms. The Morgan fingerprint density at radius 2 is 1.95 bits per heavy atom. The van der Waals surface area contributed by atoms with Gasteiger partial charge < -0.3 is 5.32 Å². The third kappa shape index (κ3) is 4.81. The summed E-state index contributed by atoms with van der Waals surface area (Å²) in [4.78, 5) is 0. The zero-order valence-corrected chi connectivity index (χ0v) is 12.8. The van der Waals surface area contributed by atoms with E-state index in [-0.39, 0.29) is 0 Å². The number of hydrogen-bond acceptors (Lipinski definition) is 1. The molecule has 2 rings (SSSR count). The predicted molar refractivity (Wildman–Crippen MR) is 83.7 cm³/mol. The number of halogens is 1. The molecule has 0 saturated heterocycles. The van der Waals surface area contributed by atoms with Crippen LogP contribution in [0.4, 0.5) is 0 Å². The molecule has 1 aromatic rings. The van der Waals surface area contributed by atoms with E-state index >= 15 is 0 Å². The van der Waals surface area contributed by atoms with Crippen molar-refractivity contribution in [3.8, 4) is 0 Å². The van der Waals surface area contributed by atoms with Crippen LogP contribution in [-0.2, 0) is 0 Å². The fourth-order valence-corrected chi connectivity index (χ4v) is 3.30. The first kappa shape index (κ1) is 14.9. The molecule has 0 amide bonds. The van der Waals surface area contributed by atoms with Gasteiger partial charge in [0.05, 0.1) is 0 Å². The number of nitrogens with one attached hydrogen (secondary N) is 1. The molecule has 0 aliphatic heterocycles. The SMILES string of the molecule is CCC(NCC1CCCCCC1)c1cccc(Cl)c1. The minimum absolute atomic E-state index is 0.446. The molecule has 1 N–H and O–H groups in total. The molecule has 1 atom stereocenters. The Kier molecular flexibility index (Phi) is 6.19. The summed E-state index contributed by atoms with van der Waals surface area (Å²) in [5.74, 6) is 0.871. The zero-order valence-electron chi connectivity index (χ0n) is 12.0. The molecule has 1 unspecified atom stereocenters. The Bertz CT molecular complexity index is 369. The molecule has 19 heavy (non-hydrogen) atoms. The van der Waals surface area contributed by atoms with Crippen molar-refractivity contribution < 1.29 is 0 Å². The number of rotatable bonds is 5. The van der Waals surface area contributed by atoms with E-state index in [4.69, 9.17) is 11.6 Å². The smallest absolute Gasteiger partial charge is 0.0409 e. The Morgan fingerprint density at radius 3 is 2.58 bits per heavy atom. The van der Waals surface area contributed by atoms with Crippen LogP contribution < -0.4 is 5.32 Å². The van der Waals surface area contributed by atoms with Crippen LogP contribution in [-0.4, -0.2) is 6.54 Å². The number of hydrogen-bond donors (Lipinski definition) is 1. The third-order valence-electron chi connectivity index (χ3n) is 4.29. The zero-order chi connectivity index (χ0) is 13.5. The normalized spacial score (nSPS) is 19.1. The summed E-state index contributed by atoms with van der Waals surface area (Å²) < 4.78 is 0. The molecule has 1 nitrogen and oxygen atoms in total. The van der Waals surface area contributed by atoms with E-state index in [1.54, 1.807) is 0 Å². The molecule has 0 radical (unpaired) electrons. The fourth-order valence-electron chi connectivity index (χ4n) is 3.10. The van der Waals surface area contributed by atoms with Crippen LogP contribution in [0.15, 0.2) is 24.3 Å². The van der Waals surface area contributed by atoms with Gasteiger partial charge in [-0.1, -0.05) is 56.3 Å². The second-order valence-electron chi connectivity index (χ2n) is 5.78. The van der Waals surface area contributed by atoms with Gasteiger partial charge in [-0.3, -0.25) is 0 Å². The first-order chi connectivity index (χ1) is 9.29. The van der Waals surface area contributed by atoms with Gasteiger partial charge in [0.1, 0.15) is 0 Å². The van der Waals surface area contributed by atoms with Gasteiger partial charge in [0.2, 0.25) is 0 Å². The molecular formula is C17H26ClN. The lowest BCUT2D eigenvalue weighted by Crippen LogP contribution is -2.27. The highest BCUT2D eigenvalue weighted by molar-refractivity contribution is 6.30. The van der Waals surface area contributed by atoms with Crippen LogP contribution >= 0.6 is 11.6 Å². The first-order valence-electron chi connectivity index (χ1n) is 7.78. The van der Waals surface area contributed by atoms with E-state index in [0.717, 1.165) is 23.9 Å². The van der Waals surface area contributed by atoms with Crippen molar-refractivity contribution >= 4 is 11.6 Å². The Labute approximate surface area is 122 Å². The molecule has 106 valence electrons. The monoisotopic (exact) mass is 279 g/mol. The van der Waals surface area contributed by atoms with Gasteiger partial charge in [0.15, 0.2) is 0 Å². The summed E-state index contributed by atoms with van der Waals surface area (Å²) in [5.41, 5.74) is 1.32. The minimum atomic E-state index is 0.446. The van der Waals surface area contributed by atoms with Gasteiger partial charge in [-0.25, -0.2) is 0 Å². The van der Waals surface area contributed by atoms with Crippen LogP contribution in [0, 0.1) is 5.92 Å². The van der Waals surface area contributed by atoms with Crippen LogP contribution in [0.2, 0.25) is 5.02 Å². The van der Waals surface area contributed by atoms with Crippen molar-refractivity contribution in [2.24, 2.45) is 5.92 Å². The van der Waals surface area contributed by atoms with Crippen molar-refractivity contribution in [1.82, 2.24) is 5.32 Å². The molecule has 1 saturated carbocycles. The van der Waals surface area contributed by atoms with E-state index < -0.39 is 0 Å². The highest BCUT2D eigenvalue weighted by atomic mass is 35.5. The summed E-state index contributed by atoms with van der Waals surface area (Å²) in [5, 5.41) is 4.59. The maximum absolute atomic E-state index is 6.09. The second-order valence-corrected chi connectivity index (χ2v) is 6.22. The minimum Gasteiger partial charge on any atom is -0.310 e. The van der Waals surface area contributed by atoms with E-state index in [1.165, 1.54) is 44.1 Å². The summed E-state index contributed by atoms with van der Waals surface area (Å²) in [6, 6.07) is 8.72. The Morgan fingerprint density at radius 1 is 1.21 bits per heavy atom. The van der Waals surface area contributed by atoms with E-state index in [0.29, 0.717) is 6.04 Å². The molecule has 1 aliphatic rings. The van der Waals surface area contributed by atoms with Crippen LogP contribution in [0.1, 0.15) is 63.5 Å². The van der Waals surface area contributed by atoms with Crippen LogP contribution in [0.25, 0.3) is 0 Å². The highest BCUT2D eigenvalue weighted by Gasteiger charge is 2.15. The van der Waals surface area contributed by atoms with Gasteiger partial charge in [0, 0.05) is 11.1 Å². The van der Waals surface area contributed by atoms with Crippen LogP contribution in [0.5, 0.6) is 0 Å². The molecular weight excluding hydrogens is 254 g/mol. The fraction of sp³-hybridized carbons (Fsp3) is 0.647. The molecule has 0 heterocycles. The lowest BCUT2D eigenvalue weighted by Gasteiger charge is -2.22. The van der Waals surface area contributed by atoms with Crippen molar-refractivity contribution in [1.29, 1.82) is 0 Å². The average molecular weight is 280 g/mol. The van der Waals surface area contributed by atoms with Gasteiger partial charge in [-0.2, -0.15) is 0 Å². The van der Waals surface area contributed by atoms with Gasteiger partial charge in [0.25, 0.3) is 0 Å². The largest absolute Gasteiger partial charge is 0.310 e. The lowest BCUT2D eigenvalue weighted by molar-refractivity contribution is 0.390. The van der Waals surface area contributed by atoms with Crippen molar-refractivity contribution in [2.75, 3.05) is 6.54 Å². The maximum Gasteiger partial charge on any atom is 0.0409 e. The highest BCUT2D eigenvalue weighted by Crippen LogP contribution is 2.24. The molecule has 1 aliphatic carbocycles. The summed E-state index contributed by atoms with van der Waals surface area (Å²) in [6.45, 7) is 3.40. The molecule has 1 fully saturated rings. The third-order valence-corrected chi connectivity index (χ3v) is 4.52. The Hall–Kier alpha value is -0.530. The van der Waals surface area contributed by atoms with Gasteiger partial charge in [-0.15, -0.1) is 0 Å². The average Bonchev–Trinajstić information content (AvgIpc) is 2.68.